The minimum atomic E-state index is -1.17. The number of hydrogen-bond donors (Lipinski definition) is 1. The van der Waals surface area contributed by atoms with Crippen LogP contribution in [0, 0.1) is 0 Å². The Kier molecular flexibility index (Phi) is 5.84. The van der Waals surface area contributed by atoms with Crippen LogP contribution in [0.3, 0.4) is 0 Å². The van der Waals surface area contributed by atoms with Crippen LogP contribution in [0.1, 0.15) is 30.0 Å². The van der Waals surface area contributed by atoms with Crippen LogP contribution in [0.25, 0.3) is 0 Å². The number of rotatable bonds is 6. The maximum absolute atomic E-state index is 12.7. The van der Waals surface area contributed by atoms with Gasteiger partial charge in [0.25, 0.3) is 0 Å². The number of carbonyl (C=O) groups excluding carboxylic acids is 1. The van der Waals surface area contributed by atoms with Gasteiger partial charge in [0.15, 0.2) is 6.04 Å². The zero-order valence-corrected chi connectivity index (χ0v) is 16.1. The Morgan fingerprint density at radius 3 is 2.54 bits per heavy atom. The average Bonchev–Trinajstić information content (AvgIpc) is 3.45. The van der Waals surface area contributed by atoms with E-state index in [0.717, 1.165) is 18.4 Å². The van der Waals surface area contributed by atoms with E-state index in [1.54, 1.807) is 18.2 Å². The molecule has 2 aromatic carbocycles. The SMILES string of the molecule is O=C(O)C(c1cc(Cl)ccc1Br)N(C(=O)OCc1ccccc1)C1CC1. The molecule has 1 N–H and O–H groups in total. The Balaban J connectivity index is 1.85. The molecule has 1 aliphatic rings. The van der Waals surface area contributed by atoms with Crippen LogP contribution < -0.4 is 0 Å². The van der Waals surface area contributed by atoms with Crippen LogP contribution in [-0.4, -0.2) is 28.1 Å². The first-order valence-corrected chi connectivity index (χ1v) is 9.31. The molecular weight excluding hydrogens is 422 g/mol. The Bertz CT molecular complexity index is 810. The molecule has 1 amide bonds. The number of amides is 1. The third kappa shape index (κ3) is 4.37. The van der Waals surface area contributed by atoms with E-state index in [0.29, 0.717) is 15.1 Å². The van der Waals surface area contributed by atoms with Gasteiger partial charge in [-0.1, -0.05) is 57.9 Å². The molecule has 1 fully saturated rings. The van der Waals surface area contributed by atoms with Crippen molar-refractivity contribution in [2.75, 3.05) is 0 Å². The lowest BCUT2D eigenvalue weighted by atomic mass is 10.1. The van der Waals surface area contributed by atoms with Gasteiger partial charge in [0.2, 0.25) is 0 Å². The molecular formula is C19H17BrClNO4. The second kappa shape index (κ2) is 8.10. The second-order valence-corrected chi connectivity index (χ2v) is 7.38. The fourth-order valence-corrected chi connectivity index (χ4v) is 3.38. The number of ether oxygens (including phenoxy) is 1. The van der Waals surface area contributed by atoms with Crippen LogP contribution in [-0.2, 0) is 16.1 Å². The zero-order valence-electron chi connectivity index (χ0n) is 13.8. The lowest BCUT2D eigenvalue weighted by Gasteiger charge is -2.29. The first-order valence-electron chi connectivity index (χ1n) is 8.14. The largest absolute Gasteiger partial charge is 0.479 e. The summed E-state index contributed by atoms with van der Waals surface area (Å²) in [6, 6.07) is 12.8. The van der Waals surface area contributed by atoms with Crippen molar-refractivity contribution in [3.63, 3.8) is 0 Å². The van der Waals surface area contributed by atoms with E-state index in [9.17, 15) is 14.7 Å². The molecule has 0 spiro atoms. The predicted octanol–water partition coefficient (Wildman–Crippen LogP) is 5.03. The molecule has 136 valence electrons. The summed E-state index contributed by atoms with van der Waals surface area (Å²) >= 11 is 9.40. The molecule has 0 radical (unpaired) electrons. The minimum absolute atomic E-state index is 0.0892. The van der Waals surface area contributed by atoms with Crippen LogP contribution in [0.5, 0.6) is 0 Å². The summed E-state index contributed by atoms with van der Waals surface area (Å²) in [5.74, 6) is -1.13. The maximum atomic E-state index is 12.7. The Labute approximate surface area is 164 Å². The molecule has 7 heteroatoms. The van der Waals surface area contributed by atoms with Crippen molar-refractivity contribution in [3.8, 4) is 0 Å². The van der Waals surface area contributed by atoms with Gasteiger partial charge >= 0.3 is 12.1 Å². The number of nitrogens with zero attached hydrogens (tertiary/aromatic N) is 1. The first kappa shape index (κ1) is 18.7. The van der Waals surface area contributed by atoms with E-state index in [1.807, 2.05) is 30.3 Å². The summed E-state index contributed by atoms with van der Waals surface area (Å²) in [7, 11) is 0. The topological polar surface area (TPSA) is 66.8 Å². The minimum Gasteiger partial charge on any atom is -0.479 e. The van der Waals surface area contributed by atoms with Gasteiger partial charge in [0, 0.05) is 21.1 Å². The summed E-state index contributed by atoms with van der Waals surface area (Å²) in [5, 5.41) is 10.2. The highest BCUT2D eigenvalue weighted by Crippen LogP contribution is 2.38. The second-order valence-electron chi connectivity index (χ2n) is 6.09. The Hall–Kier alpha value is -2.05. The molecule has 5 nitrogen and oxygen atoms in total. The molecule has 0 bridgehead atoms. The molecule has 26 heavy (non-hydrogen) atoms. The monoisotopic (exact) mass is 437 g/mol. The van der Waals surface area contributed by atoms with Crippen LogP contribution in [0.4, 0.5) is 4.79 Å². The summed E-state index contributed by atoms with van der Waals surface area (Å²) < 4.78 is 5.97. The molecule has 2 aromatic rings. The van der Waals surface area contributed by atoms with Crippen molar-refractivity contribution in [1.29, 1.82) is 0 Å². The average molecular weight is 439 g/mol. The van der Waals surface area contributed by atoms with Gasteiger partial charge in [-0.2, -0.15) is 0 Å². The summed E-state index contributed by atoms with van der Waals surface area (Å²) in [5.41, 5.74) is 1.26. The normalized spacial score (nSPS) is 14.5. The molecule has 1 atom stereocenters. The number of halogens is 2. The third-order valence-corrected chi connectivity index (χ3v) is 5.08. The van der Waals surface area contributed by atoms with Crippen molar-refractivity contribution in [2.24, 2.45) is 0 Å². The standard InChI is InChI=1S/C19H17BrClNO4/c20-16-9-6-13(21)10-15(16)17(18(23)24)22(14-7-8-14)19(25)26-11-12-4-2-1-3-5-12/h1-6,9-10,14,17H,7-8,11H2,(H,23,24). The molecule has 0 heterocycles. The quantitative estimate of drug-likeness (QED) is 0.687. The number of aliphatic carboxylic acids is 1. The van der Waals surface area contributed by atoms with Gasteiger partial charge in [0.05, 0.1) is 0 Å². The van der Waals surface area contributed by atoms with Gasteiger partial charge in [-0.05, 0) is 36.6 Å². The molecule has 0 aliphatic heterocycles. The lowest BCUT2D eigenvalue weighted by molar-refractivity contribution is -0.143. The molecule has 0 aromatic heterocycles. The number of benzene rings is 2. The molecule has 1 unspecified atom stereocenters. The fourth-order valence-electron chi connectivity index (χ4n) is 2.74. The molecule has 0 saturated heterocycles. The third-order valence-electron chi connectivity index (χ3n) is 4.12. The van der Waals surface area contributed by atoms with Crippen LogP contribution in [0.15, 0.2) is 53.0 Å². The van der Waals surface area contributed by atoms with Crippen molar-refractivity contribution in [1.82, 2.24) is 4.90 Å². The van der Waals surface area contributed by atoms with E-state index in [-0.39, 0.29) is 12.6 Å². The first-order chi connectivity index (χ1) is 12.5. The number of carboxylic acids is 1. The van der Waals surface area contributed by atoms with Gasteiger partial charge in [-0.3, -0.25) is 4.90 Å². The lowest BCUT2D eigenvalue weighted by Crippen LogP contribution is -2.41. The smallest absolute Gasteiger partial charge is 0.411 e. The predicted molar refractivity (Wildman–Crippen MR) is 101 cm³/mol. The van der Waals surface area contributed by atoms with Crippen LogP contribution >= 0.6 is 27.5 Å². The van der Waals surface area contributed by atoms with E-state index in [4.69, 9.17) is 16.3 Å². The summed E-state index contributed by atoms with van der Waals surface area (Å²) in [4.78, 5) is 26.0. The van der Waals surface area contributed by atoms with Crippen molar-refractivity contribution in [2.45, 2.75) is 31.5 Å². The van der Waals surface area contributed by atoms with Crippen molar-refractivity contribution >= 4 is 39.6 Å². The van der Waals surface area contributed by atoms with E-state index in [1.165, 1.54) is 4.90 Å². The molecule has 1 saturated carbocycles. The van der Waals surface area contributed by atoms with Gasteiger partial charge in [-0.15, -0.1) is 0 Å². The highest BCUT2D eigenvalue weighted by Gasteiger charge is 2.43. The Morgan fingerprint density at radius 1 is 1.23 bits per heavy atom. The van der Waals surface area contributed by atoms with Gasteiger partial charge in [-0.25, -0.2) is 9.59 Å². The summed E-state index contributed by atoms with van der Waals surface area (Å²) in [6.07, 6.45) is 0.862. The van der Waals surface area contributed by atoms with Crippen molar-refractivity contribution < 1.29 is 19.4 Å². The number of carboxylic acid groups (broad SMARTS) is 1. The van der Waals surface area contributed by atoms with E-state index >= 15 is 0 Å². The van der Waals surface area contributed by atoms with Gasteiger partial charge < -0.3 is 9.84 Å². The zero-order chi connectivity index (χ0) is 18.7. The Morgan fingerprint density at radius 2 is 1.92 bits per heavy atom. The van der Waals surface area contributed by atoms with Gasteiger partial charge in [0.1, 0.15) is 6.61 Å². The van der Waals surface area contributed by atoms with E-state index < -0.39 is 18.1 Å². The van der Waals surface area contributed by atoms with Crippen molar-refractivity contribution in [3.05, 3.63) is 69.2 Å². The highest BCUT2D eigenvalue weighted by atomic mass is 79.9. The summed E-state index contributed by atoms with van der Waals surface area (Å²) in [6.45, 7) is 0.0892. The van der Waals surface area contributed by atoms with Crippen LogP contribution in [0.2, 0.25) is 5.02 Å². The molecule has 3 rings (SSSR count). The number of hydrogen-bond acceptors (Lipinski definition) is 3. The van der Waals surface area contributed by atoms with E-state index in [2.05, 4.69) is 15.9 Å². The fraction of sp³-hybridized carbons (Fsp3) is 0.263. The highest BCUT2D eigenvalue weighted by molar-refractivity contribution is 9.10. The molecule has 1 aliphatic carbocycles. The number of carbonyl (C=O) groups is 2. The maximum Gasteiger partial charge on any atom is 0.411 e.